The minimum atomic E-state index is -1.18. The molecule has 2 aliphatic rings. The van der Waals surface area contributed by atoms with Crippen molar-refractivity contribution in [2.24, 2.45) is 0 Å². The molecule has 2 saturated heterocycles. The maximum atomic E-state index is 11.7. The maximum Gasteiger partial charge on any atom is 0.494 e. The molecule has 0 N–H and O–H groups in total. The number of rotatable bonds is 9. The molecule has 2 aliphatic heterocycles. The van der Waals surface area contributed by atoms with Crippen molar-refractivity contribution in [1.29, 1.82) is 0 Å². The van der Waals surface area contributed by atoms with Crippen molar-refractivity contribution in [2.45, 2.75) is 97.1 Å². The first-order valence-electron chi connectivity index (χ1n) is 15.1. The Morgan fingerprint density at radius 2 is 1.81 bits per heavy atom. The van der Waals surface area contributed by atoms with Gasteiger partial charge in [-0.15, -0.1) is 0 Å². The number of piperidine rings is 1. The quantitative estimate of drug-likeness (QED) is 0.251. The van der Waals surface area contributed by atoms with Crippen molar-refractivity contribution in [3.63, 3.8) is 0 Å². The molecule has 1 amide bonds. The Kier molecular flexibility index (Phi) is 8.59. The van der Waals surface area contributed by atoms with Gasteiger partial charge in [0.05, 0.1) is 34.7 Å². The summed E-state index contributed by atoms with van der Waals surface area (Å²) in [5, 5.41) is 10.6. The number of nitrogens with zero attached hydrogens (tertiary/aromatic N) is 5. The zero-order valence-corrected chi connectivity index (χ0v) is 27.5. The normalized spacial score (nSPS) is 19.4. The van der Waals surface area contributed by atoms with Crippen molar-refractivity contribution in [3.8, 4) is 0 Å². The minimum absolute atomic E-state index is 0.146. The molecule has 5 rings (SSSR count). The predicted molar refractivity (Wildman–Crippen MR) is 171 cm³/mol. The summed E-state index contributed by atoms with van der Waals surface area (Å²) in [4.78, 5) is 13.6. The van der Waals surface area contributed by atoms with E-state index >= 15 is 0 Å². The molecule has 0 radical (unpaired) electrons. The van der Waals surface area contributed by atoms with Gasteiger partial charge in [0.25, 0.3) is 0 Å². The van der Waals surface area contributed by atoms with Crippen LogP contribution in [0.4, 0.5) is 0 Å². The maximum absolute atomic E-state index is 11.7. The number of likely N-dealkylation sites (tertiary alicyclic amines) is 1. The van der Waals surface area contributed by atoms with Gasteiger partial charge in [-0.2, -0.15) is 10.2 Å². The van der Waals surface area contributed by atoms with Gasteiger partial charge in [0.15, 0.2) is 0 Å². The third-order valence-corrected chi connectivity index (χ3v) is 10.6. The summed E-state index contributed by atoms with van der Waals surface area (Å²) in [6.07, 6.45) is 9.92. The monoisotopic (exact) mass is 591 g/mol. The molecule has 42 heavy (non-hydrogen) atoms. The van der Waals surface area contributed by atoms with Crippen LogP contribution in [0.1, 0.15) is 64.8 Å². The molecule has 3 aromatic rings. The molecule has 0 spiro atoms. The highest BCUT2D eigenvalue weighted by molar-refractivity contribution is 6.76. The fourth-order valence-corrected chi connectivity index (χ4v) is 6.11. The Hall–Kier alpha value is -2.73. The van der Waals surface area contributed by atoms with E-state index in [4.69, 9.17) is 19.1 Å². The van der Waals surface area contributed by atoms with Crippen LogP contribution in [-0.2, 0) is 25.6 Å². The van der Waals surface area contributed by atoms with Crippen LogP contribution >= 0.6 is 0 Å². The highest BCUT2D eigenvalue weighted by Gasteiger charge is 2.51. The van der Waals surface area contributed by atoms with E-state index in [0.717, 1.165) is 66.2 Å². The van der Waals surface area contributed by atoms with Gasteiger partial charge in [0.2, 0.25) is 5.91 Å². The predicted octanol–water partition coefficient (Wildman–Crippen LogP) is 5.20. The van der Waals surface area contributed by atoms with Crippen molar-refractivity contribution in [1.82, 2.24) is 24.5 Å². The average molecular weight is 592 g/mol. The Morgan fingerprint density at radius 3 is 2.45 bits per heavy atom. The lowest BCUT2D eigenvalue weighted by Crippen LogP contribution is -2.41. The molecule has 9 nitrogen and oxygen atoms in total. The van der Waals surface area contributed by atoms with Gasteiger partial charge in [-0.3, -0.25) is 9.48 Å². The Bertz CT molecular complexity index is 1430. The van der Waals surface area contributed by atoms with E-state index in [0.29, 0.717) is 12.8 Å². The number of carbonyl (C=O) groups is 1. The SMILES string of the molecule is CC(=O)N1CCC(n2cc(/C=C/c3nn(COCC[Si](C)(C)C)c4ccc(B5OC(C)(C)C(C)(C)O5)cc34)cn2)CC1. The van der Waals surface area contributed by atoms with Crippen LogP contribution in [-0.4, -0.2) is 76.5 Å². The molecule has 0 aliphatic carbocycles. The molecule has 226 valence electrons. The molecule has 4 heterocycles. The number of aromatic nitrogens is 4. The summed E-state index contributed by atoms with van der Waals surface area (Å²) in [6, 6.07) is 7.71. The van der Waals surface area contributed by atoms with E-state index in [1.54, 1.807) is 6.92 Å². The topological polar surface area (TPSA) is 83.6 Å². The van der Waals surface area contributed by atoms with Gasteiger partial charge in [-0.25, -0.2) is 4.68 Å². The number of benzene rings is 1. The summed E-state index contributed by atoms with van der Waals surface area (Å²) in [5.74, 6) is 0.146. The summed E-state index contributed by atoms with van der Waals surface area (Å²) in [7, 11) is -1.62. The van der Waals surface area contributed by atoms with E-state index in [2.05, 4.69) is 89.0 Å². The number of carbonyl (C=O) groups excluding carboxylic acids is 1. The summed E-state index contributed by atoms with van der Waals surface area (Å²) in [6.45, 7) is 19.7. The molecule has 0 unspecified atom stereocenters. The molecule has 0 bridgehead atoms. The average Bonchev–Trinajstić information content (AvgIpc) is 3.58. The number of hydrogen-bond acceptors (Lipinski definition) is 6. The van der Waals surface area contributed by atoms with Crippen LogP contribution in [0.25, 0.3) is 23.1 Å². The van der Waals surface area contributed by atoms with E-state index in [1.807, 2.05) is 20.5 Å². The first-order chi connectivity index (χ1) is 19.7. The first kappa shape index (κ1) is 30.7. The lowest BCUT2D eigenvalue weighted by Gasteiger charge is -2.32. The third-order valence-electron chi connectivity index (χ3n) is 8.88. The molecule has 2 aromatic heterocycles. The van der Waals surface area contributed by atoms with Gasteiger partial charge in [-0.05, 0) is 70.3 Å². The third kappa shape index (κ3) is 6.74. The van der Waals surface area contributed by atoms with Crippen LogP contribution in [0.5, 0.6) is 0 Å². The lowest BCUT2D eigenvalue weighted by molar-refractivity contribution is -0.130. The molecular weight excluding hydrogens is 545 g/mol. The van der Waals surface area contributed by atoms with Crippen LogP contribution in [0.2, 0.25) is 25.7 Å². The van der Waals surface area contributed by atoms with Crippen molar-refractivity contribution < 1.29 is 18.8 Å². The summed E-state index contributed by atoms with van der Waals surface area (Å²) < 4.78 is 22.8. The largest absolute Gasteiger partial charge is 0.494 e. The second-order valence-corrected chi connectivity index (χ2v) is 19.5. The van der Waals surface area contributed by atoms with Gasteiger partial charge >= 0.3 is 7.12 Å². The Labute approximate surface area is 251 Å². The van der Waals surface area contributed by atoms with Crippen LogP contribution in [0, 0.1) is 0 Å². The smallest absolute Gasteiger partial charge is 0.399 e. The van der Waals surface area contributed by atoms with Crippen LogP contribution in [0.3, 0.4) is 0 Å². The molecule has 0 atom stereocenters. The number of fused-ring (bicyclic) bond motifs is 1. The molecule has 2 fully saturated rings. The zero-order chi connectivity index (χ0) is 30.3. The van der Waals surface area contributed by atoms with Crippen LogP contribution in [0.15, 0.2) is 30.6 Å². The number of ether oxygens (including phenoxy) is 1. The van der Waals surface area contributed by atoms with Crippen molar-refractivity contribution in [2.75, 3.05) is 19.7 Å². The van der Waals surface area contributed by atoms with Gasteiger partial charge in [0.1, 0.15) is 6.73 Å². The van der Waals surface area contributed by atoms with E-state index in [1.165, 1.54) is 0 Å². The summed E-state index contributed by atoms with van der Waals surface area (Å²) >= 11 is 0. The van der Waals surface area contributed by atoms with Crippen molar-refractivity contribution >= 4 is 49.6 Å². The fourth-order valence-electron chi connectivity index (χ4n) is 5.36. The lowest BCUT2D eigenvalue weighted by atomic mass is 9.78. The van der Waals surface area contributed by atoms with Gasteiger partial charge in [-0.1, -0.05) is 31.8 Å². The fraction of sp³-hybridized carbons (Fsp3) is 0.581. The highest BCUT2D eigenvalue weighted by atomic mass is 28.3. The van der Waals surface area contributed by atoms with E-state index < -0.39 is 26.4 Å². The first-order valence-corrected chi connectivity index (χ1v) is 18.8. The minimum Gasteiger partial charge on any atom is -0.399 e. The molecule has 1 aromatic carbocycles. The molecular formula is C31H46BN5O4Si. The van der Waals surface area contributed by atoms with E-state index in [-0.39, 0.29) is 5.91 Å². The molecule has 0 saturated carbocycles. The van der Waals surface area contributed by atoms with Crippen molar-refractivity contribution in [3.05, 3.63) is 41.9 Å². The molecule has 11 heteroatoms. The highest BCUT2D eigenvalue weighted by Crippen LogP contribution is 2.37. The zero-order valence-electron chi connectivity index (χ0n) is 26.5. The Morgan fingerprint density at radius 1 is 1.12 bits per heavy atom. The van der Waals surface area contributed by atoms with Crippen LogP contribution < -0.4 is 5.46 Å². The van der Waals surface area contributed by atoms with Gasteiger partial charge in [0, 0.05) is 51.8 Å². The Balaban J connectivity index is 1.38. The van der Waals surface area contributed by atoms with E-state index in [9.17, 15) is 4.79 Å². The summed E-state index contributed by atoms with van der Waals surface area (Å²) in [5.41, 5.74) is 3.04. The second-order valence-electron chi connectivity index (χ2n) is 13.9. The number of hydrogen-bond donors (Lipinski definition) is 0. The second kappa shape index (κ2) is 11.7. The van der Waals surface area contributed by atoms with Gasteiger partial charge < -0.3 is 18.9 Å². The number of amides is 1. The standard InChI is InChI=1S/C31H46BN5O4Si/c1-23(38)35-15-13-26(14-16-35)36-21-24(20-33-36)9-11-28-27-19-25(32-40-30(2,3)31(4,5)41-32)10-12-29(27)37(34-28)22-39-17-18-42(6,7)8/h9-12,19-21,26H,13-18,22H2,1-8H3/b11-9+.